The molecule has 234 valence electrons. The molecule has 10 nitrogen and oxygen atoms in total. The predicted octanol–water partition coefficient (Wildman–Crippen LogP) is 4.98. The number of amides is 3. The van der Waals surface area contributed by atoms with Crippen molar-refractivity contribution in [1.29, 1.82) is 0 Å². The van der Waals surface area contributed by atoms with E-state index in [1.807, 2.05) is 5.32 Å². The number of nitrogens with zero attached hydrogens (tertiary/aromatic N) is 2. The number of hydrogen-bond acceptors (Lipinski definition) is 6. The van der Waals surface area contributed by atoms with E-state index in [9.17, 15) is 19.2 Å². The average molecular weight is 631 g/mol. The fraction of sp³-hybridized carbons (Fsp3) is 0.406. The molecule has 1 aliphatic rings. The van der Waals surface area contributed by atoms with Gasteiger partial charge in [0, 0.05) is 36.0 Å². The Balaban J connectivity index is 1.61. The minimum atomic E-state index is -3.15. The minimum Gasteiger partial charge on any atom is -0.448 e. The number of hydrogen-bond donors (Lipinski definition) is 3. The highest BCUT2D eigenvalue weighted by molar-refractivity contribution is 6.30. The molecule has 0 unspecified atom stereocenters. The van der Waals surface area contributed by atoms with Gasteiger partial charge in [-0.3, -0.25) is 19.2 Å². The summed E-state index contributed by atoms with van der Waals surface area (Å²) in [6.07, 6.45) is 0.665. The van der Waals surface area contributed by atoms with Gasteiger partial charge in [0.2, 0.25) is 11.8 Å². The van der Waals surface area contributed by atoms with Crippen molar-refractivity contribution in [2.45, 2.75) is 72.4 Å². The van der Waals surface area contributed by atoms with Crippen molar-refractivity contribution in [3.8, 4) is 11.5 Å². The standard InChI is InChI=1S/C32H37ClFN5O5/c1-7-35-31(43)32(5,6)26-12-11-24(20-9-8-10-22(33)15-20)39(26)30(42)19(4)36-28(40)21-13-17(2)27(23(34)16-21)44-25-14-18(3)37-38-29(25)41/h8-10,13-16,19,24,26H,7,11-12H2,1-6H3,(H,35,43)(H,36,40)(H,38,41)/t19-,24+,26-/m1/s1/i1D3,7D2. The summed E-state index contributed by atoms with van der Waals surface area (Å²) >= 11 is 6.26. The molecule has 3 amide bonds. The third kappa shape index (κ3) is 6.77. The highest BCUT2D eigenvalue weighted by atomic mass is 35.5. The van der Waals surface area contributed by atoms with Crippen molar-refractivity contribution in [2.24, 2.45) is 5.41 Å². The number of nitrogens with one attached hydrogen (secondary N) is 3. The molecular formula is C32H37ClFN5O5. The summed E-state index contributed by atoms with van der Waals surface area (Å²) in [5.74, 6) is -3.69. The Bertz CT molecular complexity index is 1810. The molecule has 3 N–H and O–H groups in total. The Morgan fingerprint density at radius 3 is 2.68 bits per heavy atom. The second kappa shape index (κ2) is 13.2. The SMILES string of the molecule is [2H]C([2H])([2H])C([2H])([2H])NC(=O)C(C)(C)[C@H]1CC[C@@H](c2cccc(Cl)c2)N1C(=O)[C@@H](C)NC(=O)c1cc(C)c(Oc2cc(C)n[nH]c2=O)c(F)c1. The second-order valence-electron chi connectivity index (χ2n) is 11.3. The van der Waals surface area contributed by atoms with Crippen LogP contribution in [0.25, 0.3) is 0 Å². The topological polar surface area (TPSA) is 133 Å². The van der Waals surface area contributed by atoms with Gasteiger partial charge in [-0.15, -0.1) is 0 Å². The summed E-state index contributed by atoms with van der Waals surface area (Å²) in [6.45, 7) is 1.32. The maximum absolute atomic E-state index is 15.2. The van der Waals surface area contributed by atoms with E-state index in [0.717, 1.165) is 6.07 Å². The van der Waals surface area contributed by atoms with Gasteiger partial charge >= 0.3 is 5.56 Å². The van der Waals surface area contributed by atoms with Gasteiger partial charge in [-0.05, 0) is 89.7 Å². The van der Waals surface area contributed by atoms with Crippen LogP contribution in [0.3, 0.4) is 0 Å². The zero-order valence-electron chi connectivity index (χ0n) is 29.9. The van der Waals surface area contributed by atoms with Crippen LogP contribution in [0.15, 0.2) is 47.3 Å². The quantitative estimate of drug-likeness (QED) is 0.305. The molecule has 0 saturated carbocycles. The molecule has 1 aliphatic heterocycles. The lowest BCUT2D eigenvalue weighted by atomic mass is 9.81. The number of likely N-dealkylation sites (tertiary alicyclic amines) is 1. The van der Waals surface area contributed by atoms with Crippen LogP contribution in [0.5, 0.6) is 11.5 Å². The fourth-order valence-corrected chi connectivity index (χ4v) is 5.66. The molecular weight excluding hydrogens is 589 g/mol. The number of ether oxygens (including phenoxy) is 1. The van der Waals surface area contributed by atoms with E-state index >= 15 is 4.39 Å². The Morgan fingerprint density at radius 2 is 2.00 bits per heavy atom. The first kappa shape index (κ1) is 26.2. The summed E-state index contributed by atoms with van der Waals surface area (Å²) < 4.78 is 59.0. The lowest BCUT2D eigenvalue weighted by molar-refractivity contribution is -0.142. The molecule has 0 bridgehead atoms. The number of aryl methyl sites for hydroxylation is 2. The zero-order chi connectivity index (χ0) is 36.6. The van der Waals surface area contributed by atoms with Gasteiger partial charge < -0.3 is 20.3 Å². The summed E-state index contributed by atoms with van der Waals surface area (Å²) in [6, 6.07) is 7.75. The van der Waals surface area contributed by atoms with Crippen LogP contribution in [0.1, 0.15) is 80.5 Å². The van der Waals surface area contributed by atoms with Gasteiger partial charge in [0.05, 0.1) is 17.2 Å². The van der Waals surface area contributed by atoms with Gasteiger partial charge in [-0.2, -0.15) is 5.10 Å². The second-order valence-corrected chi connectivity index (χ2v) is 11.8. The molecule has 12 heteroatoms. The highest BCUT2D eigenvalue weighted by Gasteiger charge is 2.49. The first-order valence-electron chi connectivity index (χ1n) is 16.4. The van der Waals surface area contributed by atoms with Crippen LogP contribution >= 0.6 is 11.6 Å². The Kier molecular flexibility index (Phi) is 7.84. The monoisotopic (exact) mass is 630 g/mol. The van der Waals surface area contributed by atoms with Crippen LogP contribution in [-0.2, 0) is 9.59 Å². The third-order valence-electron chi connectivity index (χ3n) is 7.79. The van der Waals surface area contributed by atoms with Crippen molar-refractivity contribution >= 4 is 29.3 Å². The molecule has 4 rings (SSSR count). The molecule has 44 heavy (non-hydrogen) atoms. The number of aromatic amines is 1. The first-order valence-corrected chi connectivity index (χ1v) is 14.3. The van der Waals surface area contributed by atoms with E-state index in [-0.39, 0.29) is 29.0 Å². The lowest BCUT2D eigenvalue weighted by Crippen LogP contribution is -2.56. The molecule has 2 heterocycles. The number of aromatic nitrogens is 2. The lowest BCUT2D eigenvalue weighted by Gasteiger charge is -2.40. The van der Waals surface area contributed by atoms with E-state index < -0.39 is 66.0 Å². The van der Waals surface area contributed by atoms with E-state index in [0.29, 0.717) is 22.7 Å². The molecule has 0 radical (unpaired) electrons. The van der Waals surface area contributed by atoms with Crippen LogP contribution in [0, 0.1) is 25.1 Å². The van der Waals surface area contributed by atoms with Gasteiger partial charge in [0.1, 0.15) is 6.04 Å². The fourth-order valence-electron chi connectivity index (χ4n) is 5.46. The molecule has 2 aromatic carbocycles. The molecule has 1 aromatic heterocycles. The Morgan fingerprint density at radius 1 is 1.25 bits per heavy atom. The van der Waals surface area contributed by atoms with E-state index in [1.165, 1.54) is 44.7 Å². The van der Waals surface area contributed by atoms with Gasteiger partial charge in [0.15, 0.2) is 17.3 Å². The van der Waals surface area contributed by atoms with Crippen molar-refractivity contribution in [1.82, 2.24) is 25.7 Å². The maximum Gasteiger partial charge on any atom is 0.307 e. The summed E-state index contributed by atoms with van der Waals surface area (Å²) in [5, 5.41) is 11.0. The Hall–Kier alpha value is -4.25. The van der Waals surface area contributed by atoms with Crippen LogP contribution in [0.4, 0.5) is 4.39 Å². The predicted molar refractivity (Wildman–Crippen MR) is 164 cm³/mol. The largest absolute Gasteiger partial charge is 0.448 e. The molecule has 1 fully saturated rings. The maximum atomic E-state index is 15.2. The van der Waals surface area contributed by atoms with Gasteiger partial charge in [0.25, 0.3) is 5.91 Å². The normalized spacial score (nSPS) is 19.5. The minimum absolute atomic E-state index is 0.127. The number of benzene rings is 2. The smallest absolute Gasteiger partial charge is 0.307 e. The molecule has 3 atom stereocenters. The third-order valence-corrected chi connectivity index (χ3v) is 8.02. The van der Waals surface area contributed by atoms with E-state index in [2.05, 4.69) is 15.5 Å². The van der Waals surface area contributed by atoms with Crippen LogP contribution < -0.4 is 20.9 Å². The molecule has 3 aromatic rings. The van der Waals surface area contributed by atoms with E-state index in [1.54, 1.807) is 31.2 Å². The van der Waals surface area contributed by atoms with Crippen LogP contribution in [0.2, 0.25) is 5.02 Å². The van der Waals surface area contributed by atoms with Gasteiger partial charge in [-0.25, -0.2) is 9.49 Å². The number of H-pyrrole nitrogens is 1. The summed E-state index contributed by atoms with van der Waals surface area (Å²) in [4.78, 5) is 54.5. The Labute approximate surface area is 267 Å². The average Bonchev–Trinajstić information content (AvgIpc) is 3.45. The highest BCUT2D eigenvalue weighted by Crippen LogP contribution is 2.44. The first-order chi connectivity index (χ1) is 22.6. The van der Waals surface area contributed by atoms with Crippen molar-refractivity contribution in [3.63, 3.8) is 0 Å². The van der Waals surface area contributed by atoms with E-state index in [4.69, 9.17) is 23.2 Å². The zero-order valence-corrected chi connectivity index (χ0v) is 25.6. The van der Waals surface area contributed by atoms with Crippen molar-refractivity contribution in [2.75, 3.05) is 6.50 Å². The summed E-state index contributed by atoms with van der Waals surface area (Å²) in [5.41, 5.74) is -1.00. The van der Waals surface area contributed by atoms with Crippen molar-refractivity contribution < 1.29 is 30.4 Å². The number of carbonyl (C=O) groups is 3. The van der Waals surface area contributed by atoms with Crippen molar-refractivity contribution in [3.05, 3.63) is 86.0 Å². The number of rotatable bonds is 9. The molecule has 0 aliphatic carbocycles. The van der Waals surface area contributed by atoms with Gasteiger partial charge in [-0.1, -0.05) is 23.7 Å². The summed E-state index contributed by atoms with van der Waals surface area (Å²) in [7, 11) is 0. The van der Waals surface area contributed by atoms with Crippen LogP contribution in [-0.4, -0.2) is 51.4 Å². The number of halogens is 2. The molecule has 0 spiro atoms. The number of carbonyl (C=O) groups excluding carboxylic acids is 3. The molecule has 1 saturated heterocycles.